The van der Waals surface area contributed by atoms with Crippen LogP contribution in [0, 0.1) is 6.92 Å². The summed E-state index contributed by atoms with van der Waals surface area (Å²) in [6.45, 7) is 3.87. The van der Waals surface area contributed by atoms with Crippen LogP contribution in [0.15, 0.2) is 72.2 Å². The van der Waals surface area contributed by atoms with Crippen molar-refractivity contribution in [2.24, 2.45) is 0 Å². The monoisotopic (exact) mass is 512 g/mol. The first-order valence-electron chi connectivity index (χ1n) is 12.0. The third-order valence-electron chi connectivity index (χ3n) is 6.30. The highest BCUT2D eigenvalue weighted by Gasteiger charge is 2.35. The molecule has 1 aliphatic heterocycles. The molecule has 2 N–H and O–H groups in total. The van der Waals surface area contributed by atoms with Crippen LogP contribution in [0.4, 0.5) is 11.6 Å². The fraction of sp³-hybridized carbons (Fsp3) is 0.214. The standard InChI is InChI=1S/C28H28N6O4/c1-16-8-6-9-18(12-16)24-23(27(35)31-20-10-7-11-29-15-20)17(2)30-28-32-26(33-34(24)28)19-13-21(36-3)25(38-5)22(14-19)37-4/h6-15,24H,1-5H3,(H,31,35)(H,30,32,33). The number of hydrogen-bond acceptors (Lipinski definition) is 8. The highest BCUT2D eigenvalue weighted by atomic mass is 16.5. The average molecular weight is 513 g/mol. The van der Waals surface area contributed by atoms with Crippen LogP contribution in [0.2, 0.25) is 0 Å². The molecular formula is C28H28N6O4. The number of amides is 1. The number of fused-ring (bicyclic) bond motifs is 1. The van der Waals surface area contributed by atoms with Crippen LogP contribution < -0.4 is 24.8 Å². The summed E-state index contributed by atoms with van der Waals surface area (Å²) in [6, 6.07) is 14.6. The molecule has 1 amide bonds. The molecule has 0 spiro atoms. The van der Waals surface area contributed by atoms with Crippen LogP contribution in [-0.2, 0) is 4.79 Å². The van der Waals surface area contributed by atoms with Crippen molar-refractivity contribution in [3.63, 3.8) is 0 Å². The lowest BCUT2D eigenvalue weighted by Gasteiger charge is -2.28. The Kier molecular flexibility index (Phi) is 6.69. The van der Waals surface area contributed by atoms with Crippen LogP contribution in [0.5, 0.6) is 17.2 Å². The van der Waals surface area contributed by atoms with Crippen molar-refractivity contribution in [2.75, 3.05) is 32.0 Å². The van der Waals surface area contributed by atoms with Crippen molar-refractivity contribution in [3.05, 3.63) is 83.3 Å². The summed E-state index contributed by atoms with van der Waals surface area (Å²) in [5.41, 5.74) is 4.44. The molecule has 1 unspecified atom stereocenters. The predicted octanol–water partition coefficient (Wildman–Crippen LogP) is 4.60. The number of rotatable bonds is 7. The molecule has 0 saturated carbocycles. The summed E-state index contributed by atoms with van der Waals surface area (Å²) in [7, 11) is 4.67. The highest BCUT2D eigenvalue weighted by molar-refractivity contribution is 6.06. The van der Waals surface area contributed by atoms with E-state index in [1.54, 1.807) is 62.7 Å². The van der Waals surface area contributed by atoms with Gasteiger partial charge in [-0.3, -0.25) is 9.78 Å². The Morgan fingerprint density at radius 1 is 1.00 bits per heavy atom. The number of hydrogen-bond donors (Lipinski definition) is 2. The van der Waals surface area contributed by atoms with Gasteiger partial charge in [-0.05, 0) is 43.7 Å². The van der Waals surface area contributed by atoms with E-state index in [0.29, 0.717) is 51.5 Å². The second kappa shape index (κ2) is 10.3. The average Bonchev–Trinajstić information content (AvgIpc) is 3.35. The number of aryl methyl sites for hydroxylation is 1. The van der Waals surface area contributed by atoms with Gasteiger partial charge in [0.1, 0.15) is 6.04 Å². The van der Waals surface area contributed by atoms with Gasteiger partial charge < -0.3 is 24.8 Å². The fourth-order valence-electron chi connectivity index (χ4n) is 4.56. The maximum absolute atomic E-state index is 13.6. The molecule has 3 heterocycles. The number of methoxy groups -OCH3 is 3. The maximum atomic E-state index is 13.6. The Hall–Kier alpha value is -4.86. The van der Waals surface area contributed by atoms with Gasteiger partial charge in [0.2, 0.25) is 11.7 Å². The number of benzene rings is 2. The predicted molar refractivity (Wildman–Crippen MR) is 144 cm³/mol. The van der Waals surface area contributed by atoms with E-state index >= 15 is 0 Å². The number of anilines is 2. The van der Waals surface area contributed by atoms with Crippen LogP contribution in [0.3, 0.4) is 0 Å². The van der Waals surface area contributed by atoms with Crippen LogP contribution in [0.1, 0.15) is 24.1 Å². The molecule has 10 heteroatoms. The van der Waals surface area contributed by atoms with Crippen LogP contribution >= 0.6 is 0 Å². The number of allylic oxidation sites excluding steroid dienone is 1. The van der Waals surface area contributed by atoms with Gasteiger partial charge in [-0.2, -0.15) is 4.98 Å². The molecule has 2 aromatic carbocycles. The van der Waals surface area contributed by atoms with Gasteiger partial charge >= 0.3 is 0 Å². The van der Waals surface area contributed by atoms with E-state index in [9.17, 15) is 4.79 Å². The van der Waals surface area contributed by atoms with Gasteiger partial charge in [0.15, 0.2) is 17.3 Å². The van der Waals surface area contributed by atoms with Gasteiger partial charge in [0.25, 0.3) is 5.91 Å². The van der Waals surface area contributed by atoms with E-state index in [1.807, 2.05) is 38.1 Å². The first kappa shape index (κ1) is 24.8. The molecule has 38 heavy (non-hydrogen) atoms. The van der Waals surface area contributed by atoms with Gasteiger partial charge in [0.05, 0.1) is 38.8 Å². The molecular weight excluding hydrogens is 484 g/mol. The summed E-state index contributed by atoms with van der Waals surface area (Å²) in [6.07, 6.45) is 3.26. The van der Waals surface area contributed by atoms with E-state index in [1.165, 1.54) is 0 Å². The summed E-state index contributed by atoms with van der Waals surface area (Å²) >= 11 is 0. The summed E-state index contributed by atoms with van der Waals surface area (Å²) in [4.78, 5) is 22.5. The first-order chi connectivity index (χ1) is 18.4. The molecule has 0 aliphatic carbocycles. The van der Waals surface area contributed by atoms with E-state index in [4.69, 9.17) is 24.3 Å². The first-order valence-corrected chi connectivity index (χ1v) is 12.0. The molecule has 2 aromatic heterocycles. The van der Waals surface area contributed by atoms with Crippen molar-refractivity contribution in [2.45, 2.75) is 19.9 Å². The number of aromatic nitrogens is 4. The molecule has 1 atom stereocenters. The quantitative estimate of drug-likeness (QED) is 0.369. The SMILES string of the molecule is COc1cc(-c2nc3n(n2)C(c2cccc(C)c2)C(C(=O)Nc2cccnc2)=C(C)N3)cc(OC)c1OC. The number of carbonyl (C=O) groups excluding carboxylic acids is 1. The second-order valence-corrected chi connectivity index (χ2v) is 8.79. The summed E-state index contributed by atoms with van der Waals surface area (Å²) < 4.78 is 18.2. The largest absolute Gasteiger partial charge is 0.493 e. The minimum atomic E-state index is -0.522. The highest BCUT2D eigenvalue weighted by Crippen LogP contribution is 2.42. The van der Waals surface area contributed by atoms with E-state index in [2.05, 4.69) is 15.6 Å². The lowest BCUT2D eigenvalue weighted by Crippen LogP contribution is -2.31. The van der Waals surface area contributed by atoms with Crippen LogP contribution in [0.25, 0.3) is 11.4 Å². The molecule has 0 radical (unpaired) electrons. The Morgan fingerprint density at radius 3 is 2.39 bits per heavy atom. The lowest BCUT2D eigenvalue weighted by atomic mass is 9.94. The number of nitrogens with zero attached hydrogens (tertiary/aromatic N) is 4. The van der Waals surface area contributed by atoms with Gasteiger partial charge in [-0.1, -0.05) is 29.8 Å². The van der Waals surface area contributed by atoms with Crippen molar-refractivity contribution < 1.29 is 19.0 Å². The molecule has 4 aromatic rings. The number of nitrogens with one attached hydrogen (secondary N) is 2. The smallest absolute Gasteiger partial charge is 0.255 e. The Bertz CT molecular complexity index is 1500. The molecule has 0 fully saturated rings. The van der Waals surface area contributed by atoms with Crippen LogP contribution in [-0.4, -0.2) is 47.0 Å². The number of ether oxygens (including phenoxy) is 3. The minimum absolute atomic E-state index is 0.259. The zero-order valence-corrected chi connectivity index (χ0v) is 21.8. The molecule has 10 nitrogen and oxygen atoms in total. The Morgan fingerprint density at radius 2 is 1.76 bits per heavy atom. The Labute approximate surface area is 220 Å². The summed E-state index contributed by atoms with van der Waals surface area (Å²) in [5, 5.41) is 11.1. The topological polar surface area (TPSA) is 112 Å². The van der Waals surface area contributed by atoms with E-state index in [-0.39, 0.29) is 5.91 Å². The maximum Gasteiger partial charge on any atom is 0.255 e. The molecule has 5 rings (SSSR count). The van der Waals surface area contributed by atoms with Crippen molar-refractivity contribution in [3.8, 4) is 28.6 Å². The van der Waals surface area contributed by atoms with Crippen molar-refractivity contribution in [1.82, 2.24) is 19.7 Å². The fourth-order valence-corrected chi connectivity index (χ4v) is 4.56. The van der Waals surface area contributed by atoms with Gasteiger partial charge in [-0.25, -0.2) is 4.68 Å². The lowest BCUT2D eigenvalue weighted by molar-refractivity contribution is -0.113. The van der Waals surface area contributed by atoms with Crippen molar-refractivity contribution in [1.29, 1.82) is 0 Å². The molecule has 1 aliphatic rings. The summed E-state index contributed by atoms with van der Waals surface area (Å²) in [5.74, 6) is 2.14. The number of carbonyl (C=O) groups is 1. The molecule has 0 bridgehead atoms. The Balaban J connectivity index is 1.62. The normalized spacial score (nSPS) is 14.4. The second-order valence-electron chi connectivity index (χ2n) is 8.79. The van der Waals surface area contributed by atoms with Gasteiger partial charge in [-0.15, -0.1) is 5.10 Å². The third kappa shape index (κ3) is 4.52. The minimum Gasteiger partial charge on any atom is -0.493 e. The van der Waals surface area contributed by atoms with E-state index < -0.39 is 6.04 Å². The molecule has 194 valence electrons. The third-order valence-corrected chi connectivity index (χ3v) is 6.30. The molecule has 0 saturated heterocycles. The van der Waals surface area contributed by atoms with E-state index in [0.717, 1.165) is 11.1 Å². The number of pyridine rings is 1. The van der Waals surface area contributed by atoms with Crippen molar-refractivity contribution >= 4 is 17.5 Å². The van der Waals surface area contributed by atoms with Gasteiger partial charge in [0, 0.05) is 17.5 Å². The zero-order valence-electron chi connectivity index (χ0n) is 21.8. The zero-order chi connectivity index (χ0) is 26.8.